The molecule has 43 heavy (non-hydrogen) atoms. The minimum absolute atomic E-state index is 0.805. The summed E-state index contributed by atoms with van der Waals surface area (Å²) in [6, 6.07) is 44.4. The fourth-order valence-electron chi connectivity index (χ4n) is 6.64. The van der Waals surface area contributed by atoms with Gasteiger partial charge in [-0.25, -0.2) is 0 Å². The van der Waals surface area contributed by atoms with E-state index in [2.05, 4.69) is 151 Å². The van der Waals surface area contributed by atoms with Crippen LogP contribution < -0.4 is 5.32 Å². The number of dihydropyridines is 1. The molecule has 0 atom stereocenters. The van der Waals surface area contributed by atoms with Crippen LogP contribution in [0.1, 0.15) is 16.7 Å². The molecular weight excluding hydrogens is 520 g/mol. The van der Waals surface area contributed by atoms with Crippen molar-refractivity contribution in [3.63, 3.8) is 0 Å². The van der Waals surface area contributed by atoms with E-state index < -0.39 is 0 Å². The van der Waals surface area contributed by atoms with Gasteiger partial charge in [0.2, 0.25) is 0 Å². The van der Waals surface area contributed by atoms with E-state index in [0.29, 0.717) is 0 Å². The van der Waals surface area contributed by atoms with Crippen molar-refractivity contribution in [3.8, 4) is 22.3 Å². The van der Waals surface area contributed by atoms with Gasteiger partial charge in [-0.3, -0.25) is 4.98 Å². The molecule has 1 aliphatic heterocycles. The Bertz CT molecular complexity index is 2180. The highest BCUT2D eigenvalue weighted by Gasteiger charge is 2.17. The predicted molar refractivity (Wildman–Crippen MR) is 183 cm³/mol. The molecule has 0 amide bonds. The van der Waals surface area contributed by atoms with Gasteiger partial charge in [0, 0.05) is 25.1 Å². The van der Waals surface area contributed by atoms with Crippen molar-refractivity contribution in [1.82, 2.24) is 10.3 Å². The van der Waals surface area contributed by atoms with Gasteiger partial charge in [-0.15, -0.1) is 0 Å². The van der Waals surface area contributed by atoms with Crippen molar-refractivity contribution in [2.45, 2.75) is 6.92 Å². The smallest absolute Gasteiger partial charge is 0.0401 e. The molecule has 1 aliphatic rings. The first-order valence-corrected chi connectivity index (χ1v) is 14.8. The number of nitrogens with zero attached hydrogens (tertiary/aromatic N) is 1. The molecule has 0 saturated heterocycles. The van der Waals surface area contributed by atoms with Crippen LogP contribution in [0.4, 0.5) is 0 Å². The summed E-state index contributed by atoms with van der Waals surface area (Å²) < 4.78 is 0. The molecule has 1 N–H and O–H groups in total. The third-order valence-electron chi connectivity index (χ3n) is 8.73. The molecule has 0 radical (unpaired) electrons. The van der Waals surface area contributed by atoms with Crippen molar-refractivity contribution in [3.05, 3.63) is 163 Å². The number of hydrogen-bond donors (Lipinski definition) is 1. The lowest BCUT2D eigenvalue weighted by molar-refractivity contribution is 0.989. The zero-order valence-corrected chi connectivity index (χ0v) is 24.0. The van der Waals surface area contributed by atoms with Crippen LogP contribution in [-0.4, -0.2) is 11.5 Å². The maximum atomic E-state index is 4.26. The zero-order valence-electron chi connectivity index (χ0n) is 24.0. The van der Waals surface area contributed by atoms with E-state index in [1.165, 1.54) is 82.4 Å². The largest absolute Gasteiger partial charge is 0.386 e. The molecule has 0 bridgehead atoms. The average molecular weight is 551 g/mol. The molecule has 6 aromatic carbocycles. The molecular formula is C41H30N2. The van der Waals surface area contributed by atoms with Gasteiger partial charge in [-0.1, -0.05) is 109 Å². The van der Waals surface area contributed by atoms with Crippen molar-refractivity contribution in [2.75, 3.05) is 6.54 Å². The van der Waals surface area contributed by atoms with Gasteiger partial charge in [0.15, 0.2) is 0 Å². The summed E-state index contributed by atoms with van der Waals surface area (Å²) in [4.78, 5) is 4.26. The third-order valence-corrected chi connectivity index (χ3v) is 8.73. The summed E-state index contributed by atoms with van der Waals surface area (Å²) in [7, 11) is 0. The highest BCUT2D eigenvalue weighted by atomic mass is 14.8. The van der Waals surface area contributed by atoms with E-state index in [0.717, 1.165) is 6.54 Å². The first-order valence-electron chi connectivity index (χ1n) is 14.8. The van der Waals surface area contributed by atoms with Crippen LogP contribution in [0.3, 0.4) is 0 Å². The Kier molecular flexibility index (Phi) is 6.12. The van der Waals surface area contributed by atoms with Crippen LogP contribution in [0.25, 0.3) is 65.7 Å². The second-order valence-electron chi connectivity index (χ2n) is 11.3. The number of benzene rings is 6. The van der Waals surface area contributed by atoms with E-state index in [9.17, 15) is 0 Å². The number of nitrogens with one attached hydrogen (secondary N) is 1. The van der Waals surface area contributed by atoms with E-state index in [4.69, 9.17) is 0 Å². The standard InChI is InChI=1S/C41H30N2/c1-27-24-42-21-20-35(27)34-23-33(25-43-26-34)29-14-17-30(18-15-29)40-36-10-4-6-12-38(36)41(39-13-7-5-11-37(39)40)32-19-16-28-8-2-3-9-31(28)22-32/h2-24,26,43H,25H2,1H3. The van der Waals surface area contributed by atoms with E-state index in [1.54, 1.807) is 0 Å². The molecule has 2 heteroatoms. The highest BCUT2D eigenvalue weighted by Crippen LogP contribution is 2.44. The number of pyridine rings is 1. The lowest BCUT2D eigenvalue weighted by Gasteiger charge is -2.19. The van der Waals surface area contributed by atoms with E-state index in [-0.39, 0.29) is 0 Å². The molecule has 7 aromatic rings. The maximum absolute atomic E-state index is 4.26. The minimum atomic E-state index is 0.805. The topological polar surface area (TPSA) is 24.9 Å². The van der Waals surface area contributed by atoms with Crippen LogP contribution in [0.15, 0.2) is 146 Å². The Balaban J connectivity index is 1.27. The van der Waals surface area contributed by atoms with Crippen LogP contribution in [-0.2, 0) is 0 Å². The molecule has 1 aromatic heterocycles. The Morgan fingerprint density at radius 1 is 0.581 bits per heavy atom. The van der Waals surface area contributed by atoms with E-state index >= 15 is 0 Å². The van der Waals surface area contributed by atoms with E-state index in [1.807, 2.05) is 12.4 Å². The van der Waals surface area contributed by atoms with Gasteiger partial charge in [-0.2, -0.15) is 0 Å². The van der Waals surface area contributed by atoms with Crippen LogP contribution in [0.5, 0.6) is 0 Å². The summed E-state index contributed by atoms with van der Waals surface area (Å²) in [5.74, 6) is 0. The fourth-order valence-corrected chi connectivity index (χ4v) is 6.64. The summed E-state index contributed by atoms with van der Waals surface area (Å²) in [6.07, 6.45) is 8.19. The third kappa shape index (κ3) is 4.40. The quantitative estimate of drug-likeness (QED) is 0.221. The SMILES string of the molecule is Cc1cnccc1C1=CNCC(c2ccc(-c3c4ccccc4c(-c4ccc5ccccc5c4)c4ccccc34)cc2)=C1. The Morgan fingerprint density at radius 3 is 1.84 bits per heavy atom. The van der Waals surface area contributed by atoms with Gasteiger partial charge in [0.1, 0.15) is 0 Å². The first-order chi connectivity index (χ1) is 21.2. The number of hydrogen-bond acceptors (Lipinski definition) is 2. The molecule has 2 nitrogen and oxygen atoms in total. The van der Waals surface area contributed by atoms with Gasteiger partial charge < -0.3 is 5.32 Å². The summed E-state index contributed by atoms with van der Waals surface area (Å²) in [6.45, 7) is 2.92. The summed E-state index contributed by atoms with van der Waals surface area (Å²) in [5, 5.41) is 11.1. The summed E-state index contributed by atoms with van der Waals surface area (Å²) in [5.41, 5.74) is 11.1. The van der Waals surface area contributed by atoms with Crippen molar-refractivity contribution in [2.24, 2.45) is 0 Å². The molecule has 8 rings (SSSR count). The molecule has 2 heterocycles. The van der Waals surface area contributed by atoms with Crippen LogP contribution in [0.2, 0.25) is 0 Å². The molecule has 0 unspecified atom stereocenters. The molecule has 0 saturated carbocycles. The lowest BCUT2D eigenvalue weighted by atomic mass is 9.85. The second-order valence-corrected chi connectivity index (χ2v) is 11.3. The lowest BCUT2D eigenvalue weighted by Crippen LogP contribution is -2.14. The first kappa shape index (κ1) is 25.3. The maximum Gasteiger partial charge on any atom is 0.0401 e. The minimum Gasteiger partial charge on any atom is -0.386 e. The number of allylic oxidation sites excluding steroid dienone is 2. The highest BCUT2D eigenvalue weighted by molar-refractivity contribution is 6.21. The Labute approximate surface area is 251 Å². The normalized spacial score (nSPS) is 13.1. The van der Waals surface area contributed by atoms with Crippen molar-refractivity contribution < 1.29 is 0 Å². The summed E-state index contributed by atoms with van der Waals surface area (Å²) >= 11 is 0. The molecule has 204 valence electrons. The van der Waals surface area contributed by atoms with Crippen LogP contribution >= 0.6 is 0 Å². The molecule has 0 spiro atoms. The second kappa shape index (κ2) is 10.4. The number of fused-ring (bicyclic) bond motifs is 3. The predicted octanol–water partition coefficient (Wildman–Crippen LogP) is 10.2. The average Bonchev–Trinajstić information content (AvgIpc) is 3.07. The van der Waals surface area contributed by atoms with Gasteiger partial charge in [0.25, 0.3) is 0 Å². The monoisotopic (exact) mass is 550 g/mol. The fraction of sp³-hybridized carbons (Fsp3) is 0.0488. The Morgan fingerprint density at radius 2 is 1.16 bits per heavy atom. The van der Waals surface area contributed by atoms with Crippen molar-refractivity contribution >= 4 is 43.5 Å². The molecule has 0 aliphatic carbocycles. The van der Waals surface area contributed by atoms with Gasteiger partial charge >= 0.3 is 0 Å². The Hall–Kier alpha value is -5.47. The van der Waals surface area contributed by atoms with Crippen molar-refractivity contribution in [1.29, 1.82) is 0 Å². The number of rotatable bonds is 4. The molecule has 0 fully saturated rings. The van der Waals surface area contributed by atoms with Gasteiger partial charge in [0.05, 0.1) is 0 Å². The zero-order chi connectivity index (χ0) is 28.8. The van der Waals surface area contributed by atoms with Crippen LogP contribution in [0, 0.1) is 6.92 Å². The number of aryl methyl sites for hydroxylation is 1. The number of aromatic nitrogens is 1. The van der Waals surface area contributed by atoms with Gasteiger partial charge in [-0.05, 0) is 108 Å².